The minimum Gasteiger partial charge on any atom is -0.295 e. The van der Waals surface area contributed by atoms with E-state index in [4.69, 9.17) is 5.84 Å². The summed E-state index contributed by atoms with van der Waals surface area (Å²) in [5.41, 5.74) is 3.02. The molecule has 0 aromatic heterocycles. The van der Waals surface area contributed by atoms with Gasteiger partial charge in [-0.05, 0) is 6.42 Å². The molecule has 0 fully saturated rings. The van der Waals surface area contributed by atoms with Crippen LogP contribution in [0, 0.1) is 0 Å². The quantitative estimate of drug-likeness (QED) is 0.439. The second-order valence-corrected chi connectivity index (χ2v) is 5.18. The summed E-state index contributed by atoms with van der Waals surface area (Å²) in [4.78, 5) is 0. The largest absolute Gasteiger partial charge is 0.295 e. The third-order valence-electron chi connectivity index (χ3n) is 3.40. The lowest BCUT2D eigenvalue weighted by atomic mass is 10.1. The predicted octanol–water partition coefficient (Wildman–Crippen LogP) is 3.29. The van der Waals surface area contributed by atoms with Gasteiger partial charge in [0.2, 0.25) is 0 Å². The van der Waals surface area contributed by atoms with Gasteiger partial charge in [-0.25, -0.2) is 11.0 Å². The molecule has 106 valence electrons. The zero-order valence-corrected chi connectivity index (χ0v) is 11.9. The van der Waals surface area contributed by atoms with Crippen LogP contribution >= 0.6 is 0 Å². The first-order chi connectivity index (χ1) is 8.83. The summed E-state index contributed by atoms with van der Waals surface area (Å²) in [6.45, 7) is 3.31. The first kappa shape index (κ1) is 15.3. The average molecular weight is 254 g/mol. The second kappa shape index (κ2) is 10.2. The predicted molar refractivity (Wildman–Crippen MR) is 76.9 cm³/mol. The van der Waals surface area contributed by atoms with E-state index < -0.39 is 0 Å². The van der Waals surface area contributed by atoms with Gasteiger partial charge < -0.3 is 0 Å². The molecular weight excluding hydrogens is 224 g/mol. The summed E-state index contributed by atoms with van der Waals surface area (Å²) < 4.78 is 0. The molecule has 0 aromatic carbocycles. The highest BCUT2D eigenvalue weighted by Crippen LogP contribution is 2.10. The molecule has 0 spiro atoms. The normalized spacial score (nSPS) is 14.8. The number of rotatable bonds is 11. The molecule has 0 unspecified atom stereocenters. The van der Waals surface area contributed by atoms with Crippen LogP contribution in [0.1, 0.15) is 71.1 Å². The molecule has 0 atom stereocenters. The SMILES string of the molecule is CCCCCCCCCCCCN1C=CN(N)N1. The molecule has 3 N–H and O–H groups in total. The van der Waals surface area contributed by atoms with Gasteiger partial charge in [0, 0.05) is 12.7 Å². The monoisotopic (exact) mass is 254 g/mol. The summed E-state index contributed by atoms with van der Waals surface area (Å²) >= 11 is 0. The minimum atomic E-state index is 1.04. The van der Waals surface area contributed by atoms with Crippen molar-refractivity contribution in [3.8, 4) is 0 Å². The topological polar surface area (TPSA) is 44.5 Å². The third kappa shape index (κ3) is 7.56. The van der Waals surface area contributed by atoms with E-state index in [2.05, 4.69) is 12.5 Å². The van der Waals surface area contributed by atoms with E-state index in [0.717, 1.165) is 6.54 Å². The van der Waals surface area contributed by atoms with Crippen LogP contribution in [0.25, 0.3) is 0 Å². The van der Waals surface area contributed by atoms with E-state index >= 15 is 0 Å². The van der Waals surface area contributed by atoms with Crippen molar-refractivity contribution in [2.45, 2.75) is 71.1 Å². The average Bonchev–Trinajstić information content (AvgIpc) is 2.77. The molecule has 0 aromatic rings. The van der Waals surface area contributed by atoms with Crippen molar-refractivity contribution in [2.24, 2.45) is 5.84 Å². The zero-order chi connectivity index (χ0) is 13.1. The highest BCUT2D eigenvalue weighted by atomic mass is 15.8. The van der Waals surface area contributed by atoms with Crippen LogP contribution in [0.15, 0.2) is 12.4 Å². The van der Waals surface area contributed by atoms with Crippen LogP contribution in [0.5, 0.6) is 0 Å². The molecule has 0 saturated heterocycles. The molecule has 0 aliphatic carbocycles. The molecule has 1 aliphatic heterocycles. The van der Waals surface area contributed by atoms with E-state index in [1.54, 1.807) is 0 Å². The lowest BCUT2D eigenvalue weighted by Gasteiger charge is -2.18. The number of nitrogens with two attached hydrogens (primary N) is 1. The van der Waals surface area contributed by atoms with Crippen LogP contribution in [0.4, 0.5) is 0 Å². The Kier molecular flexibility index (Phi) is 8.69. The van der Waals surface area contributed by atoms with Crippen LogP contribution < -0.4 is 11.4 Å². The zero-order valence-electron chi connectivity index (χ0n) is 11.9. The summed E-state index contributed by atoms with van der Waals surface area (Å²) in [6.07, 6.45) is 17.6. The first-order valence-electron chi connectivity index (χ1n) is 7.58. The minimum absolute atomic E-state index is 1.04. The summed E-state index contributed by atoms with van der Waals surface area (Å²) in [7, 11) is 0. The molecule has 4 nitrogen and oxygen atoms in total. The molecule has 1 heterocycles. The van der Waals surface area contributed by atoms with Crippen LogP contribution in [0.2, 0.25) is 0 Å². The number of hydrazine groups is 3. The van der Waals surface area contributed by atoms with Gasteiger partial charge in [-0.3, -0.25) is 5.01 Å². The smallest absolute Gasteiger partial charge is 0.0531 e. The maximum atomic E-state index is 5.54. The van der Waals surface area contributed by atoms with Gasteiger partial charge in [0.15, 0.2) is 0 Å². The molecule has 0 amide bonds. The summed E-state index contributed by atoms with van der Waals surface area (Å²) in [5, 5.41) is 3.51. The Labute approximate surface area is 112 Å². The van der Waals surface area contributed by atoms with Crippen molar-refractivity contribution >= 4 is 0 Å². The Hall–Kier alpha value is -0.740. The van der Waals surface area contributed by atoms with Crippen molar-refractivity contribution in [1.82, 2.24) is 15.7 Å². The van der Waals surface area contributed by atoms with E-state index in [9.17, 15) is 0 Å². The van der Waals surface area contributed by atoms with Crippen molar-refractivity contribution < 1.29 is 0 Å². The van der Waals surface area contributed by atoms with Gasteiger partial charge >= 0.3 is 0 Å². The second-order valence-electron chi connectivity index (χ2n) is 5.18. The van der Waals surface area contributed by atoms with E-state index in [1.807, 2.05) is 17.4 Å². The van der Waals surface area contributed by atoms with Crippen molar-refractivity contribution in [1.29, 1.82) is 0 Å². The van der Waals surface area contributed by atoms with Crippen molar-refractivity contribution in [2.75, 3.05) is 6.54 Å². The Balaban J connectivity index is 1.75. The molecule has 1 aliphatic rings. The molecule has 0 bridgehead atoms. The van der Waals surface area contributed by atoms with Gasteiger partial charge in [-0.15, -0.1) is 5.53 Å². The Bertz CT molecular complexity index is 218. The fraction of sp³-hybridized carbons (Fsp3) is 0.857. The number of nitrogens with one attached hydrogen (secondary N) is 1. The Morgan fingerprint density at radius 2 is 1.39 bits per heavy atom. The number of hydrogen-bond donors (Lipinski definition) is 2. The Morgan fingerprint density at radius 1 is 0.833 bits per heavy atom. The maximum absolute atomic E-state index is 5.54. The molecule has 0 saturated carbocycles. The first-order valence-corrected chi connectivity index (χ1v) is 7.58. The fourth-order valence-electron chi connectivity index (χ4n) is 2.26. The van der Waals surface area contributed by atoms with Crippen LogP contribution in [-0.4, -0.2) is 16.7 Å². The molecule has 18 heavy (non-hydrogen) atoms. The molecule has 0 radical (unpaired) electrons. The van der Waals surface area contributed by atoms with E-state index in [1.165, 1.54) is 69.3 Å². The fourth-order valence-corrected chi connectivity index (χ4v) is 2.26. The van der Waals surface area contributed by atoms with Crippen molar-refractivity contribution in [3.05, 3.63) is 12.4 Å². The van der Waals surface area contributed by atoms with Crippen molar-refractivity contribution in [3.63, 3.8) is 0 Å². The van der Waals surface area contributed by atoms with Gasteiger partial charge in [0.1, 0.15) is 0 Å². The van der Waals surface area contributed by atoms with Gasteiger partial charge in [0.05, 0.1) is 6.20 Å². The summed E-state index contributed by atoms with van der Waals surface area (Å²) in [5.74, 6) is 5.54. The van der Waals surface area contributed by atoms with E-state index in [0.29, 0.717) is 0 Å². The third-order valence-corrected chi connectivity index (χ3v) is 3.40. The van der Waals surface area contributed by atoms with Crippen LogP contribution in [0.3, 0.4) is 0 Å². The number of hydrogen-bond acceptors (Lipinski definition) is 4. The summed E-state index contributed by atoms with van der Waals surface area (Å²) in [6, 6.07) is 0. The molecular formula is C14H30N4. The van der Waals surface area contributed by atoms with E-state index in [-0.39, 0.29) is 0 Å². The van der Waals surface area contributed by atoms with Crippen LogP contribution in [-0.2, 0) is 0 Å². The lowest BCUT2D eigenvalue weighted by molar-refractivity contribution is 0.136. The van der Waals surface area contributed by atoms with Gasteiger partial charge in [-0.2, -0.15) is 0 Å². The Morgan fingerprint density at radius 3 is 1.89 bits per heavy atom. The van der Waals surface area contributed by atoms with Gasteiger partial charge in [0.25, 0.3) is 0 Å². The molecule has 1 rings (SSSR count). The number of nitrogens with zero attached hydrogens (tertiary/aromatic N) is 2. The number of unbranched alkanes of at least 4 members (excludes halogenated alkanes) is 9. The molecule has 4 heteroatoms. The highest BCUT2D eigenvalue weighted by molar-refractivity contribution is 4.82. The standard InChI is InChI=1S/C14H30N4/c1-2-3-4-5-6-7-8-9-10-11-12-17-13-14-18(15)16-17/h13-14,16H,2-12,15H2,1H3. The maximum Gasteiger partial charge on any atom is 0.0531 e. The highest BCUT2D eigenvalue weighted by Gasteiger charge is 2.06. The van der Waals surface area contributed by atoms with Gasteiger partial charge in [-0.1, -0.05) is 64.7 Å². The lowest BCUT2D eigenvalue weighted by Crippen LogP contribution is -2.43.